The first kappa shape index (κ1) is 17.0. The Morgan fingerprint density at radius 2 is 1.14 bits per heavy atom. The average Bonchev–Trinajstić information content (AvgIpc) is 2.35. The van der Waals surface area contributed by atoms with E-state index in [-0.39, 0.29) is 0 Å². The molecule has 2 aromatic rings. The lowest BCUT2D eigenvalue weighted by atomic mass is 9.93. The molecule has 2 aromatic carbocycles. The maximum absolute atomic E-state index is 6.51. The van der Waals surface area contributed by atoms with Crippen LogP contribution in [-0.2, 0) is 4.43 Å². The molecule has 2 heteroatoms. The molecule has 0 N–H and O–H groups in total. The highest BCUT2D eigenvalue weighted by Crippen LogP contribution is 2.33. The van der Waals surface area contributed by atoms with Gasteiger partial charge in [0.2, 0.25) is 0 Å². The molecule has 0 aliphatic carbocycles. The molecular weight excluding hydrogens is 284 g/mol. The summed E-state index contributed by atoms with van der Waals surface area (Å²) < 4.78 is 6.51. The summed E-state index contributed by atoms with van der Waals surface area (Å²) in [7, 11) is -1.70. The minimum Gasteiger partial charge on any atom is -0.401 e. The van der Waals surface area contributed by atoms with E-state index in [1.807, 2.05) is 0 Å². The van der Waals surface area contributed by atoms with Gasteiger partial charge in [-0.3, -0.25) is 0 Å². The first-order valence-electron chi connectivity index (χ1n) is 7.88. The van der Waals surface area contributed by atoms with Crippen molar-refractivity contribution in [2.24, 2.45) is 0 Å². The quantitative estimate of drug-likeness (QED) is 0.658. The lowest BCUT2D eigenvalue weighted by molar-refractivity contribution is 0.368. The van der Waals surface area contributed by atoms with Crippen LogP contribution in [0, 0.1) is 33.8 Å². The molecule has 2 rings (SSSR count). The molecule has 0 spiro atoms. The van der Waals surface area contributed by atoms with E-state index < -0.39 is 8.32 Å². The van der Waals surface area contributed by atoms with Crippen LogP contribution in [0.1, 0.15) is 33.4 Å². The molecule has 0 atom stereocenters. The Bertz CT molecular complexity index is 616. The second kappa shape index (κ2) is 6.39. The topological polar surface area (TPSA) is 9.23 Å². The summed E-state index contributed by atoms with van der Waals surface area (Å²) >= 11 is 0. The van der Waals surface area contributed by atoms with Crippen LogP contribution < -0.4 is 0 Å². The second-order valence-electron chi connectivity index (χ2n) is 7.18. The lowest BCUT2D eigenvalue weighted by Gasteiger charge is -2.28. The zero-order chi connectivity index (χ0) is 16.5. The van der Waals surface area contributed by atoms with Crippen molar-refractivity contribution in [1.29, 1.82) is 0 Å². The first-order valence-corrected chi connectivity index (χ1v) is 11.3. The molecule has 0 aromatic heterocycles. The molecule has 0 bridgehead atoms. The van der Waals surface area contributed by atoms with Crippen molar-refractivity contribution < 1.29 is 4.43 Å². The summed E-state index contributed by atoms with van der Waals surface area (Å²) in [5.41, 5.74) is 7.53. The Morgan fingerprint density at radius 1 is 0.727 bits per heavy atom. The third kappa shape index (κ3) is 4.08. The molecule has 117 valence electrons. The predicted molar refractivity (Wildman–Crippen MR) is 97.7 cm³/mol. The van der Waals surface area contributed by atoms with Crippen molar-refractivity contribution in [3.63, 3.8) is 0 Å². The fourth-order valence-electron chi connectivity index (χ4n) is 2.70. The van der Waals surface area contributed by atoms with E-state index in [1.165, 1.54) is 33.4 Å². The lowest BCUT2D eigenvalue weighted by Crippen LogP contribution is -2.29. The molecule has 0 saturated heterocycles. The van der Waals surface area contributed by atoms with Gasteiger partial charge in [0.15, 0.2) is 8.32 Å². The Balaban J connectivity index is 2.55. The maximum atomic E-state index is 6.51. The van der Waals surface area contributed by atoms with Crippen LogP contribution in [0.4, 0.5) is 0 Å². The molecule has 0 saturated carbocycles. The van der Waals surface area contributed by atoms with E-state index in [4.69, 9.17) is 4.43 Å². The smallest absolute Gasteiger partial charge is 0.185 e. The zero-order valence-corrected chi connectivity index (χ0v) is 15.9. The van der Waals surface area contributed by atoms with Crippen LogP contribution in [0.3, 0.4) is 0 Å². The van der Waals surface area contributed by atoms with Crippen molar-refractivity contribution in [2.45, 2.75) is 47.3 Å². The van der Waals surface area contributed by atoms with Crippen LogP contribution in [0.25, 0.3) is 0 Å². The Hall–Kier alpha value is -1.38. The van der Waals surface area contributed by atoms with Gasteiger partial charge in [-0.1, -0.05) is 47.5 Å². The third-order valence-corrected chi connectivity index (χ3v) is 4.48. The fraction of sp³-hybridized carbons (Fsp3) is 0.350. The summed E-state index contributed by atoms with van der Waals surface area (Å²) in [6.07, 6.45) is 1.04. The summed E-state index contributed by atoms with van der Waals surface area (Å²) in [6.45, 7) is 15.3. The third-order valence-electron chi connectivity index (χ3n) is 3.66. The SMILES string of the molecule is Cc1ccc([C](O[Si](C)(C)C)c2ccc(C)cc2C)c(C)c1. The molecule has 0 heterocycles. The Morgan fingerprint density at radius 3 is 1.45 bits per heavy atom. The van der Waals surface area contributed by atoms with E-state index in [0.717, 1.165) is 6.10 Å². The van der Waals surface area contributed by atoms with Gasteiger partial charge < -0.3 is 4.43 Å². The molecule has 1 radical (unpaired) electrons. The van der Waals surface area contributed by atoms with Crippen LogP contribution in [-0.4, -0.2) is 8.32 Å². The van der Waals surface area contributed by atoms with Crippen LogP contribution >= 0.6 is 0 Å². The number of benzene rings is 2. The minimum absolute atomic E-state index is 1.04. The number of rotatable bonds is 4. The molecule has 1 nitrogen and oxygen atoms in total. The van der Waals surface area contributed by atoms with Gasteiger partial charge in [-0.2, -0.15) is 0 Å². The van der Waals surface area contributed by atoms with Gasteiger partial charge in [0.25, 0.3) is 0 Å². The van der Waals surface area contributed by atoms with Crippen molar-refractivity contribution in [2.75, 3.05) is 0 Å². The summed E-state index contributed by atoms with van der Waals surface area (Å²) in [4.78, 5) is 0. The van der Waals surface area contributed by atoms with E-state index >= 15 is 0 Å². The van der Waals surface area contributed by atoms with Gasteiger partial charge in [-0.05, 0) is 69.6 Å². The van der Waals surface area contributed by atoms with E-state index in [9.17, 15) is 0 Å². The van der Waals surface area contributed by atoms with Crippen LogP contribution in [0.15, 0.2) is 36.4 Å². The average molecular weight is 312 g/mol. The predicted octanol–water partition coefficient (Wildman–Crippen LogP) is 5.70. The monoisotopic (exact) mass is 311 g/mol. The van der Waals surface area contributed by atoms with Gasteiger partial charge >= 0.3 is 0 Å². The summed E-state index contributed by atoms with van der Waals surface area (Å²) in [6, 6.07) is 13.2. The minimum atomic E-state index is -1.70. The van der Waals surface area contributed by atoms with E-state index in [0.29, 0.717) is 0 Å². The normalized spacial score (nSPS) is 12.0. The first-order chi connectivity index (χ1) is 10.2. The standard InChI is InChI=1S/C20H27OSi/c1-14-8-10-18(16(3)12-14)20(21-22(5,6)7)19-11-9-15(2)13-17(19)4/h8-13H,1-7H3. The molecule has 22 heavy (non-hydrogen) atoms. The second-order valence-corrected chi connectivity index (χ2v) is 11.6. The molecule has 0 amide bonds. The number of hydrogen-bond donors (Lipinski definition) is 0. The Labute approximate surface area is 136 Å². The van der Waals surface area contributed by atoms with E-state index in [1.54, 1.807) is 0 Å². The van der Waals surface area contributed by atoms with Gasteiger partial charge in [-0.25, -0.2) is 0 Å². The van der Waals surface area contributed by atoms with Crippen molar-refractivity contribution in [3.05, 3.63) is 75.9 Å². The highest BCUT2D eigenvalue weighted by atomic mass is 28.4. The zero-order valence-electron chi connectivity index (χ0n) is 14.9. The Kier molecular flexibility index (Phi) is 4.93. The van der Waals surface area contributed by atoms with E-state index in [2.05, 4.69) is 83.7 Å². The molecule has 0 aliphatic rings. The maximum Gasteiger partial charge on any atom is 0.185 e. The summed E-state index contributed by atoms with van der Waals surface area (Å²) in [5.74, 6) is 0. The van der Waals surface area contributed by atoms with Crippen molar-refractivity contribution >= 4 is 8.32 Å². The molecule has 0 unspecified atom stereocenters. The van der Waals surface area contributed by atoms with Crippen molar-refractivity contribution in [3.8, 4) is 0 Å². The van der Waals surface area contributed by atoms with Gasteiger partial charge in [-0.15, -0.1) is 0 Å². The molecule has 0 aliphatic heterocycles. The van der Waals surface area contributed by atoms with Gasteiger partial charge in [0.05, 0.1) is 0 Å². The highest BCUT2D eigenvalue weighted by molar-refractivity contribution is 6.70. The number of aryl methyl sites for hydroxylation is 4. The molecule has 0 fully saturated rings. The van der Waals surface area contributed by atoms with Gasteiger partial charge in [0.1, 0.15) is 6.10 Å². The van der Waals surface area contributed by atoms with Crippen LogP contribution in [0.2, 0.25) is 19.6 Å². The molecular formula is C20H27OSi. The summed E-state index contributed by atoms with van der Waals surface area (Å²) in [5, 5.41) is 0. The largest absolute Gasteiger partial charge is 0.401 e. The number of hydrogen-bond acceptors (Lipinski definition) is 1. The van der Waals surface area contributed by atoms with Crippen molar-refractivity contribution in [1.82, 2.24) is 0 Å². The highest BCUT2D eigenvalue weighted by Gasteiger charge is 2.27. The van der Waals surface area contributed by atoms with Gasteiger partial charge in [0, 0.05) is 0 Å². The fourth-order valence-corrected chi connectivity index (χ4v) is 3.53. The van der Waals surface area contributed by atoms with Crippen LogP contribution in [0.5, 0.6) is 0 Å².